The molecule has 0 aliphatic rings. The summed E-state index contributed by atoms with van der Waals surface area (Å²) >= 11 is 3.30. The molecule has 0 aliphatic carbocycles. The summed E-state index contributed by atoms with van der Waals surface area (Å²) in [6.07, 6.45) is 0. The van der Waals surface area contributed by atoms with Gasteiger partial charge in [-0.15, -0.1) is 21.5 Å². The van der Waals surface area contributed by atoms with Gasteiger partial charge in [-0.2, -0.15) is 0 Å². The highest BCUT2D eigenvalue weighted by Crippen LogP contribution is 2.27. The van der Waals surface area contributed by atoms with Gasteiger partial charge in [-0.05, 0) is 12.1 Å². The molecule has 18 heavy (non-hydrogen) atoms. The Morgan fingerprint density at radius 2 is 2.17 bits per heavy atom. The van der Waals surface area contributed by atoms with E-state index in [0.717, 1.165) is 21.4 Å². The zero-order chi connectivity index (χ0) is 12.5. The summed E-state index contributed by atoms with van der Waals surface area (Å²) in [7, 11) is 1.86. The van der Waals surface area contributed by atoms with Crippen LogP contribution in [0.4, 0.5) is 5.95 Å². The number of nitrogen functional groups attached to an aromatic ring is 1. The maximum atomic E-state index is 5.63. The van der Waals surface area contributed by atoms with Gasteiger partial charge in [-0.3, -0.25) is 4.57 Å². The number of anilines is 1. The van der Waals surface area contributed by atoms with Crippen LogP contribution >= 0.6 is 23.1 Å². The van der Waals surface area contributed by atoms with Crippen molar-refractivity contribution in [2.75, 3.05) is 5.73 Å². The van der Waals surface area contributed by atoms with Gasteiger partial charge in [0.2, 0.25) is 5.95 Å². The van der Waals surface area contributed by atoms with Crippen LogP contribution in [-0.2, 0) is 12.8 Å². The molecule has 0 amide bonds. The van der Waals surface area contributed by atoms with E-state index in [1.54, 1.807) is 27.7 Å². The fourth-order valence-electron chi connectivity index (χ4n) is 1.56. The Morgan fingerprint density at radius 3 is 2.89 bits per heavy atom. The average Bonchev–Trinajstić information content (AvgIpc) is 2.92. The van der Waals surface area contributed by atoms with Crippen LogP contribution in [0, 0.1) is 0 Å². The van der Waals surface area contributed by atoms with E-state index in [1.807, 2.05) is 25.2 Å². The van der Waals surface area contributed by atoms with Gasteiger partial charge < -0.3 is 5.73 Å². The average molecular weight is 277 g/mol. The summed E-state index contributed by atoms with van der Waals surface area (Å²) in [5.74, 6) is 1.22. The Balaban J connectivity index is 1.79. The third-order valence-corrected chi connectivity index (χ3v) is 4.78. The SMILES string of the molecule is Cn1c(N)nnc1SCc1nc2ccccc2s1. The van der Waals surface area contributed by atoms with E-state index in [1.165, 1.54) is 4.70 Å². The molecule has 0 bridgehead atoms. The first-order chi connectivity index (χ1) is 8.74. The van der Waals surface area contributed by atoms with Crippen LogP contribution in [0.15, 0.2) is 29.4 Å². The molecule has 5 nitrogen and oxygen atoms in total. The van der Waals surface area contributed by atoms with Gasteiger partial charge in [0.05, 0.1) is 16.0 Å². The molecule has 2 heterocycles. The molecule has 0 spiro atoms. The molecule has 1 aromatic carbocycles. The van der Waals surface area contributed by atoms with Crippen LogP contribution in [0.3, 0.4) is 0 Å². The molecule has 3 rings (SSSR count). The van der Waals surface area contributed by atoms with E-state index < -0.39 is 0 Å². The molecule has 2 N–H and O–H groups in total. The van der Waals surface area contributed by atoms with Gasteiger partial charge in [0.15, 0.2) is 5.16 Å². The molecule has 7 heteroatoms. The zero-order valence-corrected chi connectivity index (χ0v) is 11.3. The number of hydrogen-bond donors (Lipinski definition) is 1. The number of benzene rings is 1. The minimum absolute atomic E-state index is 0.432. The summed E-state index contributed by atoms with van der Waals surface area (Å²) in [6.45, 7) is 0. The first kappa shape index (κ1) is 11.5. The highest BCUT2D eigenvalue weighted by molar-refractivity contribution is 7.98. The molecular weight excluding hydrogens is 266 g/mol. The van der Waals surface area contributed by atoms with Crippen molar-refractivity contribution in [1.82, 2.24) is 19.7 Å². The van der Waals surface area contributed by atoms with Crippen molar-refractivity contribution < 1.29 is 0 Å². The highest BCUT2D eigenvalue weighted by Gasteiger charge is 2.08. The van der Waals surface area contributed by atoms with E-state index in [-0.39, 0.29) is 0 Å². The van der Waals surface area contributed by atoms with E-state index in [2.05, 4.69) is 21.2 Å². The zero-order valence-electron chi connectivity index (χ0n) is 9.70. The summed E-state index contributed by atoms with van der Waals surface area (Å²) < 4.78 is 2.99. The van der Waals surface area contributed by atoms with Crippen molar-refractivity contribution in [3.8, 4) is 0 Å². The number of nitrogens with zero attached hydrogens (tertiary/aromatic N) is 4. The molecule has 0 saturated carbocycles. The predicted molar refractivity (Wildman–Crippen MR) is 74.6 cm³/mol. The Kier molecular flexibility index (Phi) is 2.92. The fourth-order valence-corrected chi connectivity index (χ4v) is 3.44. The summed E-state index contributed by atoms with van der Waals surface area (Å²) in [5.41, 5.74) is 6.69. The topological polar surface area (TPSA) is 69.6 Å². The smallest absolute Gasteiger partial charge is 0.222 e. The van der Waals surface area contributed by atoms with Gasteiger partial charge in [0, 0.05) is 7.05 Å². The Hall–Kier alpha value is -1.60. The van der Waals surface area contributed by atoms with E-state index in [9.17, 15) is 0 Å². The highest BCUT2D eigenvalue weighted by atomic mass is 32.2. The minimum atomic E-state index is 0.432. The van der Waals surface area contributed by atoms with Gasteiger partial charge in [0.25, 0.3) is 0 Å². The van der Waals surface area contributed by atoms with Gasteiger partial charge in [-0.25, -0.2) is 4.98 Å². The standard InChI is InChI=1S/C11H11N5S2/c1-16-10(12)14-15-11(16)17-6-9-13-7-4-2-3-5-8(7)18-9/h2-5H,6H2,1H3,(H2,12,14). The first-order valence-corrected chi connectivity index (χ1v) is 7.16. The molecule has 0 fully saturated rings. The lowest BCUT2D eigenvalue weighted by atomic mass is 10.3. The van der Waals surface area contributed by atoms with Crippen LogP contribution in [0.5, 0.6) is 0 Å². The van der Waals surface area contributed by atoms with Crippen molar-refractivity contribution in [3.63, 3.8) is 0 Å². The molecule has 0 atom stereocenters. The molecule has 2 aromatic heterocycles. The van der Waals surface area contributed by atoms with E-state index in [4.69, 9.17) is 5.73 Å². The number of para-hydroxylation sites is 1. The quantitative estimate of drug-likeness (QED) is 0.744. The predicted octanol–water partition coefficient (Wildman–Crippen LogP) is 2.30. The molecule has 0 unspecified atom stereocenters. The largest absolute Gasteiger partial charge is 0.368 e. The van der Waals surface area contributed by atoms with Crippen molar-refractivity contribution in [2.45, 2.75) is 10.9 Å². The Bertz CT molecular complexity index is 655. The van der Waals surface area contributed by atoms with Crippen molar-refractivity contribution >= 4 is 39.3 Å². The lowest BCUT2D eigenvalue weighted by molar-refractivity contribution is 0.796. The summed E-state index contributed by atoms with van der Waals surface area (Å²) in [5, 5.41) is 9.73. The molecule has 0 saturated heterocycles. The fraction of sp³-hybridized carbons (Fsp3) is 0.182. The van der Waals surface area contributed by atoms with Crippen molar-refractivity contribution in [2.24, 2.45) is 7.05 Å². The number of fused-ring (bicyclic) bond motifs is 1. The molecule has 0 aliphatic heterocycles. The van der Waals surface area contributed by atoms with Gasteiger partial charge >= 0.3 is 0 Å². The monoisotopic (exact) mass is 277 g/mol. The normalized spacial score (nSPS) is 11.2. The number of thiazole rings is 1. The second-order valence-electron chi connectivity index (χ2n) is 3.76. The van der Waals surface area contributed by atoms with Gasteiger partial charge in [-0.1, -0.05) is 23.9 Å². The minimum Gasteiger partial charge on any atom is -0.368 e. The number of nitrogens with two attached hydrogens (primary N) is 1. The molecular formula is C11H11N5S2. The second-order valence-corrected chi connectivity index (χ2v) is 5.82. The molecule has 3 aromatic rings. The third kappa shape index (κ3) is 2.06. The summed E-state index contributed by atoms with van der Waals surface area (Å²) in [6, 6.07) is 8.14. The number of hydrogen-bond acceptors (Lipinski definition) is 6. The van der Waals surface area contributed by atoms with Crippen LogP contribution in [0.2, 0.25) is 0 Å². The van der Waals surface area contributed by atoms with Crippen LogP contribution in [0.1, 0.15) is 5.01 Å². The van der Waals surface area contributed by atoms with Crippen LogP contribution < -0.4 is 5.73 Å². The van der Waals surface area contributed by atoms with Gasteiger partial charge in [0.1, 0.15) is 5.01 Å². The number of aromatic nitrogens is 4. The maximum Gasteiger partial charge on any atom is 0.222 e. The van der Waals surface area contributed by atoms with Crippen LogP contribution in [-0.4, -0.2) is 19.7 Å². The molecule has 92 valence electrons. The second kappa shape index (κ2) is 4.58. The van der Waals surface area contributed by atoms with Crippen molar-refractivity contribution in [1.29, 1.82) is 0 Å². The first-order valence-electron chi connectivity index (χ1n) is 5.36. The van der Waals surface area contributed by atoms with Crippen molar-refractivity contribution in [3.05, 3.63) is 29.3 Å². The lowest BCUT2D eigenvalue weighted by Crippen LogP contribution is -1.97. The third-order valence-electron chi connectivity index (χ3n) is 2.53. The Morgan fingerprint density at radius 1 is 1.33 bits per heavy atom. The Labute approximate surface area is 112 Å². The number of thioether (sulfide) groups is 1. The lowest BCUT2D eigenvalue weighted by Gasteiger charge is -1.98. The maximum absolute atomic E-state index is 5.63. The number of rotatable bonds is 3. The molecule has 0 radical (unpaired) electrons. The van der Waals surface area contributed by atoms with E-state index in [0.29, 0.717) is 5.95 Å². The van der Waals surface area contributed by atoms with Crippen LogP contribution in [0.25, 0.3) is 10.2 Å². The van der Waals surface area contributed by atoms with E-state index >= 15 is 0 Å². The summed E-state index contributed by atoms with van der Waals surface area (Å²) in [4.78, 5) is 4.57.